The van der Waals surface area contributed by atoms with Crippen molar-refractivity contribution in [3.8, 4) is 22.4 Å². The highest BCUT2D eigenvalue weighted by Gasteiger charge is 2.05. The second kappa shape index (κ2) is 7.32. The van der Waals surface area contributed by atoms with Gasteiger partial charge in [-0.3, -0.25) is 4.98 Å². The van der Waals surface area contributed by atoms with Gasteiger partial charge in [-0.2, -0.15) is 0 Å². The van der Waals surface area contributed by atoms with E-state index >= 15 is 0 Å². The third-order valence-electron chi connectivity index (χ3n) is 4.41. The van der Waals surface area contributed by atoms with Gasteiger partial charge in [-0.15, -0.1) is 0 Å². The summed E-state index contributed by atoms with van der Waals surface area (Å²) in [5.41, 5.74) is 6.56. The number of nitrogens with zero attached hydrogens (tertiary/aromatic N) is 1. The zero-order chi connectivity index (χ0) is 17.8. The minimum absolute atomic E-state index is 0.222. The molecule has 0 unspecified atom stereocenters. The second-order valence-corrected chi connectivity index (χ2v) is 6.30. The van der Waals surface area contributed by atoms with Gasteiger partial charge in [-0.25, -0.2) is 4.39 Å². The third kappa shape index (κ3) is 3.70. The average molecular weight is 339 g/mol. The van der Waals surface area contributed by atoms with Crippen LogP contribution in [0.5, 0.6) is 0 Å². The van der Waals surface area contributed by atoms with Gasteiger partial charge in [0.15, 0.2) is 0 Å². The molecule has 0 saturated heterocycles. The van der Waals surface area contributed by atoms with E-state index in [4.69, 9.17) is 0 Å². The van der Waals surface area contributed by atoms with Crippen LogP contribution >= 0.6 is 0 Å². The SMILES string of the molecule is Fc1ccc(-c2cccc(-c3cc(Cc4ccccc4)ccn3)c2)cc1. The first-order valence-corrected chi connectivity index (χ1v) is 8.63. The van der Waals surface area contributed by atoms with E-state index in [2.05, 4.69) is 53.5 Å². The van der Waals surface area contributed by atoms with Crippen LogP contribution in [-0.4, -0.2) is 4.98 Å². The van der Waals surface area contributed by atoms with Crippen molar-refractivity contribution in [1.29, 1.82) is 0 Å². The molecular formula is C24H18FN. The van der Waals surface area contributed by atoms with Crippen molar-refractivity contribution in [2.75, 3.05) is 0 Å². The fourth-order valence-corrected chi connectivity index (χ4v) is 3.07. The van der Waals surface area contributed by atoms with E-state index < -0.39 is 0 Å². The van der Waals surface area contributed by atoms with Crippen molar-refractivity contribution in [1.82, 2.24) is 4.98 Å². The quantitative estimate of drug-likeness (QED) is 0.435. The lowest BCUT2D eigenvalue weighted by molar-refractivity contribution is 0.628. The summed E-state index contributed by atoms with van der Waals surface area (Å²) in [6.45, 7) is 0. The molecule has 0 atom stereocenters. The molecule has 0 aliphatic rings. The second-order valence-electron chi connectivity index (χ2n) is 6.30. The highest BCUT2D eigenvalue weighted by molar-refractivity contribution is 5.71. The predicted octanol–water partition coefficient (Wildman–Crippen LogP) is 6.15. The standard InChI is InChI=1S/C24H18FN/c25-23-11-9-20(10-12-23)21-7-4-8-22(17-21)24-16-19(13-14-26-24)15-18-5-2-1-3-6-18/h1-14,16-17H,15H2. The van der Waals surface area contributed by atoms with Crippen LogP contribution in [0.25, 0.3) is 22.4 Å². The molecule has 0 aliphatic heterocycles. The molecule has 0 aliphatic carbocycles. The molecule has 1 aromatic heterocycles. The molecule has 3 aromatic carbocycles. The van der Waals surface area contributed by atoms with Crippen molar-refractivity contribution in [3.63, 3.8) is 0 Å². The van der Waals surface area contributed by atoms with Gasteiger partial charge in [0, 0.05) is 11.8 Å². The molecule has 0 radical (unpaired) electrons. The number of pyridine rings is 1. The molecule has 0 fully saturated rings. The van der Waals surface area contributed by atoms with Gasteiger partial charge in [-0.1, -0.05) is 60.7 Å². The van der Waals surface area contributed by atoms with Crippen molar-refractivity contribution < 1.29 is 4.39 Å². The topological polar surface area (TPSA) is 12.9 Å². The zero-order valence-corrected chi connectivity index (χ0v) is 14.3. The van der Waals surface area contributed by atoms with Crippen LogP contribution in [0.2, 0.25) is 0 Å². The van der Waals surface area contributed by atoms with Crippen LogP contribution in [-0.2, 0) is 6.42 Å². The molecular weight excluding hydrogens is 321 g/mol. The number of benzene rings is 3. The van der Waals surface area contributed by atoms with Crippen LogP contribution in [0, 0.1) is 5.82 Å². The van der Waals surface area contributed by atoms with Crippen molar-refractivity contribution in [2.24, 2.45) is 0 Å². The normalized spacial score (nSPS) is 10.7. The molecule has 1 heterocycles. The first kappa shape index (κ1) is 16.2. The molecule has 0 bridgehead atoms. The first-order valence-electron chi connectivity index (χ1n) is 8.63. The molecule has 126 valence electrons. The Kier molecular flexibility index (Phi) is 4.57. The molecule has 4 rings (SSSR count). The number of hydrogen-bond acceptors (Lipinski definition) is 1. The molecule has 26 heavy (non-hydrogen) atoms. The lowest BCUT2D eigenvalue weighted by atomic mass is 9.99. The smallest absolute Gasteiger partial charge is 0.123 e. The minimum Gasteiger partial charge on any atom is -0.256 e. The van der Waals surface area contributed by atoms with E-state index in [0.717, 1.165) is 28.8 Å². The van der Waals surface area contributed by atoms with Crippen molar-refractivity contribution in [3.05, 3.63) is 114 Å². The summed E-state index contributed by atoms with van der Waals surface area (Å²) in [6, 6.07) is 29.4. The fraction of sp³-hybridized carbons (Fsp3) is 0.0417. The average Bonchev–Trinajstić information content (AvgIpc) is 2.70. The van der Waals surface area contributed by atoms with Crippen LogP contribution in [0.3, 0.4) is 0 Å². The monoisotopic (exact) mass is 339 g/mol. The molecule has 0 saturated carbocycles. The largest absolute Gasteiger partial charge is 0.256 e. The lowest BCUT2D eigenvalue weighted by Crippen LogP contribution is -1.91. The van der Waals surface area contributed by atoms with Gasteiger partial charge in [0.25, 0.3) is 0 Å². The Bertz CT molecular complexity index is 1010. The summed E-state index contributed by atoms with van der Waals surface area (Å²) in [5.74, 6) is -0.222. The van der Waals surface area contributed by atoms with Gasteiger partial charge in [0.05, 0.1) is 5.69 Å². The highest BCUT2D eigenvalue weighted by atomic mass is 19.1. The molecule has 0 spiro atoms. The summed E-state index contributed by atoms with van der Waals surface area (Å²) < 4.78 is 13.2. The predicted molar refractivity (Wildman–Crippen MR) is 104 cm³/mol. The van der Waals surface area contributed by atoms with Crippen LogP contribution < -0.4 is 0 Å². The Morgan fingerprint density at radius 2 is 1.38 bits per heavy atom. The minimum atomic E-state index is -0.222. The van der Waals surface area contributed by atoms with Gasteiger partial charge in [-0.05, 0) is 59.0 Å². The van der Waals surface area contributed by atoms with Gasteiger partial charge < -0.3 is 0 Å². The maximum Gasteiger partial charge on any atom is 0.123 e. The fourth-order valence-electron chi connectivity index (χ4n) is 3.07. The van der Waals surface area contributed by atoms with E-state index in [9.17, 15) is 4.39 Å². The number of rotatable bonds is 4. The Balaban J connectivity index is 1.64. The number of hydrogen-bond donors (Lipinski definition) is 0. The highest BCUT2D eigenvalue weighted by Crippen LogP contribution is 2.26. The van der Waals surface area contributed by atoms with Gasteiger partial charge in [0.1, 0.15) is 5.82 Å². The molecule has 0 N–H and O–H groups in total. The maximum atomic E-state index is 13.2. The van der Waals surface area contributed by atoms with Gasteiger partial charge >= 0.3 is 0 Å². The maximum absolute atomic E-state index is 13.2. The summed E-state index contributed by atoms with van der Waals surface area (Å²) in [4.78, 5) is 4.54. The van der Waals surface area contributed by atoms with Crippen molar-refractivity contribution in [2.45, 2.75) is 6.42 Å². The Morgan fingerprint density at radius 3 is 2.19 bits per heavy atom. The van der Waals surface area contributed by atoms with Crippen LogP contribution in [0.15, 0.2) is 97.2 Å². The van der Waals surface area contributed by atoms with Gasteiger partial charge in [0.2, 0.25) is 0 Å². The summed E-state index contributed by atoms with van der Waals surface area (Å²) in [7, 11) is 0. The van der Waals surface area contributed by atoms with E-state index in [-0.39, 0.29) is 5.82 Å². The number of halogens is 1. The van der Waals surface area contributed by atoms with E-state index in [1.165, 1.54) is 23.3 Å². The lowest BCUT2D eigenvalue weighted by Gasteiger charge is -2.08. The Hall–Kier alpha value is -3.26. The summed E-state index contributed by atoms with van der Waals surface area (Å²) in [5, 5.41) is 0. The van der Waals surface area contributed by atoms with E-state index in [1.807, 2.05) is 24.4 Å². The Morgan fingerprint density at radius 1 is 0.615 bits per heavy atom. The zero-order valence-electron chi connectivity index (χ0n) is 14.3. The molecule has 2 heteroatoms. The Labute approximate surface area is 152 Å². The van der Waals surface area contributed by atoms with Crippen LogP contribution in [0.1, 0.15) is 11.1 Å². The molecule has 4 aromatic rings. The first-order chi connectivity index (χ1) is 12.8. The summed E-state index contributed by atoms with van der Waals surface area (Å²) >= 11 is 0. The summed E-state index contributed by atoms with van der Waals surface area (Å²) in [6.07, 6.45) is 2.74. The molecule has 1 nitrogen and oxygen atoms in total. The van der Waals surface area contributed by atoms with Crippen molar-refractivity contribution >= 4 is 0 Å². The van der Waals surface area contributed by atoms with E-state index in [1.54, 1.807) is 12.1 Å². The third-order valence-corrected chi connectivity index (χ3v) is 4.41. The number of aromatic nitrogens is 1. The van der Waals surface area contributed by atoms with E-state index in [0.29, 0.717) is 0 Å². The molecule has 0 amide bonds. The van der Waals surface area contributed by atoms with Crippen LogP contribution in [0.4, 0.5) is 4.39 Å².